The number of fused-ring (bicyclic) bond motifs is 1. The SMILES string of the molecule is COc1cc2c(CC3CCNCC3)n[nH]c(=O)c2cc1OC. The molecule has 1 aliphatic rings. The predicted molar refractivity (Wildman–Crippen MR) is 84.8 cm³/mol. The molecule has 1 fully saturated rings. The van der Waals surface area contributed by atoms with Gasteiger partial charge >= 0.3 is 0 Å². The van der Waals surface area contributed by atoms with Gasteiger partial charge in [-0.15, -0.1) is 0 Å². The quantitative estimate of drug-likeness (QED) is 0.895. The van der Waals surface area contributed by atoms with Crippen LogP contribution in [0.1, 0.15) is 18.5 Å². The molecule has 0 spiro atoms. The maximum absolute atomic E-state index is 12.1. The molecule has 1 aromatic carbocycles. The highest BCUT2D eigenvalue weighted by molar-refractivity contribution is 5.87. The lowest BCUT2D eigenvalue weighted by Crippen LogP contribution is -2.29. The highest BCUT2D eigenvalue weighted by atomic mass is 16.5. The molecule has 0 amide bonds. The average molecular weight is 303 g/mol. The van der Waals surface area contributed by atoms with E-state index in [0.717, 1.165) is 43.4 Å². The number of aromatic amines is 1. The summed E-state index contributed by atoms with van der Waals surface area (Å²) < 4.78 is 10.6. The molecule has 118 valence electrons. The van der Waals surface area contributed by atoms with E-state index in [1.54, 1.807) is 20.3 Å². The summed E-state index contributed by atoms with van der Waals surface area (Å²) in [5.41, 5.74) is 0.715. The minimum atomic E-state index is -0.204. The fourth-order valence-corrected chi connectivity index (χ4v) is 3.06. The van der Waals surface area contributed by atoms with Crippen molar-refractivity contribution in [3.8, 4) is 11.5 Å². The van der Waals surface area contributed by atoms with Crippen LogP contribution in [0.15, 0.2) is 16.9 Å². The summed E-state index contributed by atoms with van der Waals surface area (Å²) in [6.45, 7) is 2.09. The number of ether oxygens (including phenoxy) is 2. The molecule has 0 bridgehead atoms. The Labute approximate surface area is 128 Å². The molecule has 0 saturated carbocycles. The van der Waals surface area contributed by atoms with Crippen molar-refractivity contribution in [3.05, 3.63) is 28.2 Å². The van der Waals surface area contributed by atoms with E-state index in [1.807, 2.05) is 6.07 Å². The van der Waals surface area contributed by atoms with Gasteiger partial charge in [-0.25, -0.2) is 5.10 Å². The number of hydrogen-bond acceptors (Lipinski definition) is 5. The van der Waals surface area contributed by atoms with Gasteiger partial charge in [0.25, 0.3) is 5.56 Å². The number of nitrogens with one attached hydrogen (secondary N) is 2. The topological polar surface area (TPSA) is 76.2 Å². The van der Waals surface area contributed by atoms with Crippen LogP contribution >= 0.6 is 0 Å². The first-order chi connectivity index (χ1) is 10.7. The van der Waals surface area contributed by atoms with Gasteiger partial charge in [-0.2, -0.15) is 5.10 Å². The van der Waals surface area contributed by atoms with Crippen molar-refractivity contribution < 1.29 is 9.47 Å². The molecule has 0 radical (unpaired) electrons. The Bertz CT molecular complexity index is 720. The normalized spacial score (nSPS) is 15.9. The predicted octanol–water partition coefficient (Wildman–Crippen LogP) is 1.48. The third-order valence-electron chi connectivity index (χ3n) is 4.31. The molecule has 6 heteroatoms. The number of piperidine rings is 1. The second-order valence-electron chi connectivity index (χ2n) is 5.65. The number of aromatic nitrogens is 2. The van der Waals surface area contributed by atoms with Crippen LogP contribution in [-0.2, 0) is 6.42 Å². The Kier molecular flexibility index (Phi) is 4.29. The van der Waals surface area contributed by atoms with Crippen molar-refractivity contribution in [1.82, 2.24) is 15.5 Å². The van der Waals surface area contributed by atoms with Crippen molar-refractivity contribution in [3.63, 3.8) is 0 Å². The van der Waals surface area contributed by atoms with E-state index in [2.05, 4.69) is 15.5 Å². The summed E-state index contributed by atoms with van der Waals surface area (Å²) in [5, 5.41) is 11.7. The molecule has 1 aromatic heterocycles. The van der Waals surface area contributed by atoms with Crippen LogP contribution in [0.2, 0.25) is 0 Å². The molecule has 0 aliphatic carbocycles. The summed E-state index contributed by atoms with van der Waals surface area (Å²) in [7, 11) is 3.16. The van der Waals surface area contributed by atoms with Crippen molar-refractivity contribution in [2.24, 2.45) is 5.92 Å². The van der Waals surface area contributed by atoms with E-state index in [4.69, 9.17) is 9.47 Å². The van der Waals surface area contributed by atoms with E-state index < -0.39 is 0 Å². The number of nitrogens with zero attached hydrogens (tertiary/aromatic N) is 1. The van der Waals surface area contributed by atoms with Crippen LogP contribution in [0, 0.1) is 5.92 Å². The summed E-state index contributed by atoms with van der Waals surface area (Å²) in [6.07, 6.45) is 3.13. The zero-order chi connectivity index (χ0) is 15.5. The van der Waals surface area contributed by atoms with E-state index in [9.17, 15) is 4.79 Å². The molecule has 22 heavy (non-hydrogen) atoms. The Morgan fingerprint density at radius 2 is 1.77 bits per heavy atom. The van der Waals surface area contributed by atoms with E-state index in [1.165, 1.54) is 0 Å². The van der Waals surface area contributed by atoms with Gasteiger partial charge in [0.05, 0.1) is 25.3 Å². The second-order valence-corrected chi connectivity index (χ2v) is 5.65. The van der Waals surface area contributed by atoms with Crippen molar-refractivity contribution in [2.45, 2.75) is 19.3 Å². The van der Waals surface area contributed by atoms with Crippen LogP contribution in [0.4, 0.5) is 0 Å². The van der Waals surface area contributed by atoms with Gasteiger partial charge in [0, 0.05) is 5.39 Å². The van der Waals surface area contributed by atoms with Gasteiger partial charge in [0.1, 0.15) is 0 Å². The van der Waals surface area contributed by atoms with E-state index in [0.29, 0.717) is 22.8 Å². The number of H-pyrrole nitrogens is 1. The smallest absolute Gasteiger partial charge is 0.272 e. The number of hydrogen-bond donors (Lipinski definition) is 2. The maximum Gasteiger partial charge on any atom is 0.272 e. The van der Waals surface area contributed by atoms with Crippen molar-refractivity contribution in [2.75, 3.05) is 27.3 Å². The molecule has 2 aromatic rings. The lowest BCUT2D eigenvalue weighted by molar-refractivity contribution is 0.355. The van der Waals surface area contributed by atoms with Gasteiger partial charge in [-0.1, -0.05) is 0 Å². The second kappa shape index (κ2) is 6.36. The average Bonchev–Trinajstić information content (AvgIpc) is 2.57. The Balaban J connectivity index is 2.06. The standard InChI is InChI=1S/C16H21N3O3/c1-21-14-8-11-12(9-15(14)22-2)16(20)19-18-13(11)7-10-3-5-17-6-4-10/h8-10,17H,3-7H2,1-2H3,(H,19,20). The van der Waals surface area contributed by atoms with Crippen molar-refractivity contribution >= 4 is 10.8 Å². The Morgan fingerprint density at radius 3 is 2.41 bits per heavy atom. The fourth-order valence-electron chi connectivity index (χ4n) is 3.06. The molecule has 2 heterocycles. The van der Waals surface area contributed by atoms with Gasteiger partial charge < -0.3 is 14.8 Å². The van der Waals surface area contributed by atoms with E-state index in [-0.39, 0.29) is 5.56 Å². The summed E-state index contributed by atoms with van der Waals surface area (Å²) in [6, 6.07) is 3.58. The maximum atomic E-state index is 12.1. The third-order valence-corrected chi connectivity index (χ3v) is 4.31. The first-order valence-corrected chi connectivity index (χ1v) is 7.57. The van der Waals surface area contributed by atoms with Gasteiger partial charge in [0.2, 0.25) is 0 Å². The first kappa shape index (κ1) is 14.8. The molecule has 2 N–H and O–H groups in total. The molecule has 1 saturated heterocycles. The summed E-state index contributed by atoms with van der Waals surface area (Å²) in [5.74, 6) is 1.77. The molecule has 1 aliphatic heterocycles. The minimum Gasteiger partial charge on any atom is -0.493 e. The Hall–Kier alpha value is -2.08. The molecular formula is C16H21N3O3. The molecule has 0 unspecified atom stereocenters. The number of rotatable bonds is 4. The fraction of sp³-hybridized carbons (Fsp3) is 0.500. The first-order valence-electron chi connectivity index (χ1n) is 7.57. The van der Waals surface area contributed by atoms with Crippen LogP contribution in [0.5, 0.6) is 11.5 Å². The number of benzene rings is 1. The lowest BCUT2D eigenvalue weighted by Gasteiger charge is -2.22. The van der Waals surface area contributed by atoms with Crippen molar-refractivity contribution in [1.29, 1.82) is 0 Å². The van der Waals surface area contributed by atoms with Crippen LogP contribution in [0.25, 0.3) is 10.8 Å². The third kappa shape index (κ3) is 2.78. The van der Waals surface area contributed by atoms with E-state index >= 15 is 0 Å². The largest absolute Gasteiger partial charge is 0.493 e. The minimum absolute atomic E-state index is 0.204. The van der Waals surface area contributed by atoms with Gasteiger partial charge in [0.15, 0.2) is 11.5 Å². The zero-order valence-electron chi connectivity index (χ0n) is 12.9. The lowest BCUT2D eigenvalue weighted by atomic mass is 9.91. The zero-order valence-corrected chi connectivity index (χ0v) is 12.9. The monoisotopic (exact) mass is 303 g/mol. The molecule has 0 atom stereocenters. The molecular weight excluding hydrogens is 282 g/mol. The van der Waals surface area contributed by atoms with Crippen LogP contribution in [0.3, 0.4) is 0 Å². The molecule has 6 nitrogen and oxygen atoms in total. The van der Waals surface area contributed by atoms with Crippen LogP contribution in [-0.4, -0.2) is 37.5 Å². The summed E-state index contributed by atoms with van der Waals surface area (Å²) >= 11 is 0. The summed E-state index contributed by atoms with van der Waals surface area (Å²) in [4.78, 5) is 12.1. The van der Waals surface area contributed by atoms with Gasteiger partial charge in [-0.3, -0.25) is 4.79 Å². The highest BCUT2D eigenvalue weighted by Crippen LogP contribution is 2.32. The number of methoxy groups -OCH3 is 2. The van der Waals surface area contributed by atoms with Crippen LogP contribution < -0.4 is 20.3 Å². The molecule has 3 rings (SSSR count). The Morgan fingerprint density at radius 1 is 1.14 bits per heavy atom. The van der Waals surface area contributed by atoms with Gasteiger partial charge in [-0.05, 0) is 50.4 Å². The highest BCUT2D eigenvalue weighted by Gasteiger charge is 2.18.